The van der Waals surface area contributed by atoms with E-state index in [1.165, 1.54) is 9.58 Å². The molecule has 2 aromatic carbocycles. The minimum atomic E-state index is -0.826. The summed E-state index contributed by atoms with van der Waals surface area (Å²) >= 11 is 0. The summed E-state index contributed by atoms with van der Waals surface area (Å²) in [5.74, 6) is -0.769. The predicted octanol–water partition coefficient (Wildman–Crippen LogP) is 1.99. The Balaban J connectivity index is 1.36. The van der Waals surface area contributed by atoms with E-state index in [0.29, 0.717) is 43.6 Å². The van der Waals surface area contributed by atoms with Crippen LogP contribution in [-0.2, 0) is 27.3 Å². The van der Waals surface area contributed by atoms with E-state index in [4.69, 9.17) is 0 Å². The second-order valence-corrected chi connectivity index (χ2v) is 11.0. The van der Waals surface area contributed by atoms with Gasteiger partial charge in [-0.2, -0.15) is 0 Å². The van der Waals surface area contributed by atoms with E-state index in [-0.39, 0.29) is 24.1 Å². The van der Waals surface area contributed by atoms with E-state index >= 15 is 0 Å². The Bertz CT molecular complexity index is 1410. The highest BCUT2D eigenvalue weighted by molar-refractivity contribution is 5.99. The second-order valence-electron chi connectivity index (χ2n) is 11.0. The molecule has 1 fully saturated rings. The summed E-state index contributed by atoms with van der Waals surface area (Å²) in [5, 5.41) is 17.5. The van der Waals surface area contributed by atoms with Crippen LogP contribution in [0.25, 0.3) is 0 Å². The zero-order valence-electron chi connectivity index (χ0n) is 25.2. The molecule has 0 bridgehead atoms. The highest BCUT2D eigenvalue weighted by Crippen LogP contribution is 2.17. The van der Waals surface area contributed by atoms with Gasteiger partial charge >= 0.3 is 0 Å². The molecular formula is C31H40N8O4. The Kier molecular flexibility index (Phi) is 10.6. The number of hydrogen-bond acceptors (Lipinski definition) is 8. The zero-order chi connectivity index (χ0) is 30.9. The van der Waals surface area contributed by atoms with Gasteiger partial charge in [-0.05, 0) is 72.9 Å². The standard InChI is InChI=1S/C31H40N8O4/c1-5-25(27(40)20-39-28(34-35-36-39)19-22-11-7-6-8-12-22)32-29(41)21(2)38-18-10-9-13-26(31(38)43)33-30(42)23-14-16-24(17-15-23)37(3)4/h6-8,11-12,14-17,21,25-26H,5,9-10,13,18-20H2,1-4H3,(H,32,41)(H,33,42)/t21?,25?,26-/m0/s1. The van der Waals surface area contributed by atoms with Crippen molar-refractivity contribution in [1.29, 1.82) is 0 Å². The van der Waals surface area contributed by atoms with Crippen LogP contribution in [0.4, 0.5) is 5.69 Å². The number of benzene rings is 2. The fraction of sp³-hybridized carbons (Fsp3) is 0.452. The van der Waals surface area contributed by atoms with Crippen molar-refractivity contribution >= 4 is 29.2 Å². The summed E-state index contributed by atoms with van der Waals surface area (Å²) in [6, 6.07) is 14.5. The van der Waals surface area contributed by atoms with E-state index in [9.17, 15) is 19.2 Å². The fourth-order valence-electron chi connectivity index (χ4n) is 5.09. The van der Waals surface area contributed by atoms with Gasteiger partial charge in [-0.1, -0.05) is 37.3 Å². The van der Waals surface area contributed by atoms with Crippen molar-refractivity contribution in [2.75, 3.05) is 25.5 Å². The molecule has 3 aromatic rings. The molecule has 3 amide bonds. The molecule has 2 N–H and O–H groups in total. The van der Waals surface area contributed by atoms with Gasteiger partial charge < -0.3 is 20.4 Å². The molecule has 4 rings (SSSR count). The van der Waals surface area contributed by atoms with Crippen molar-refractivity contribution in [1.82, 2.24) is 35.7 Å². The molecule has 12 nitrogen and oxygen atoms in total. The molecule has 43 heavy (non-hydrogen) atoms. The van der Waals surface area contributed by atoms with Gasteiger partial charge in [0, 0.05) is 38.3 Å². The molecule has 2 heterocycles. The van der Waals surface area contributed by atoms with E-state index in [1.54, 1.807) is 19.1 Å². The van der Waals surface area contributed by atoms with Crippen LogP contribution in [0.5, 0.6) is 0 Å². The van der Waals surface area contributed by atoms with Gasteiger partial charge in [-0.15, -0.1) is 5.10 Å². The molecule has 0 radical (unpaired) electrons. The van der Waals surface area contributed by atoms with Gasteiger partial charge in [0.05, 0.1) is 6.04 Å². The minimum Gasteiger partial charge on any atom is -0.378 e. The average Bonchev–Trinajstić information content (AvgIpc) is 3.35. The van der Waals surface area contributed by atoms with Crippen molar-refractivity contribution in [2.45, 2.75) is 70.6 Å². The van der Waals surface area contributed by atoms with Crippen molar-refractivity contribution in [3.63, 3.8) is 0 Å². The lowest BCUT2D eigenvalue weighted by atomic mass is 10.1. The maximum absolute atomic E-state index is 13.5. The lowest BCUT2D eigenvalue weighted by molar-refractivity contribution is -0.141. The first-order valence-electron chi connectivity index (χ1n) is 14.7. The Morgan fingerprint density at radius 2 is 1.77 bits per heavy atom. The molecule has 1 aliphatic heterocycles. The maximum Gasteiger partial charge on any atom is 0.251 e. The fourth-order valence-corrected chi connectivity index (χ4v) is 5.09. The molecule has 228 valence electrons. The Labute approximate surface area is 251 Å². The molecule has 2 unspecified atom stereocenters. The van der Waals surface area contributed by atoms with E-state index in [0.717, 1.165) is 17.7 Å². The quantitative estimate of drug-likeness (QED) is 0.327. The Morgan fingerprint density at radius 3 is 2.44 bits per heavy atom. The lowest BCUT2D eigenvalue weighted by Crippen LogP contribution is -2.56. The highest BCUT2D eigenvalue weighted by Gasteiger charge is 2.35. The molecule has 1 aliphatic rings. The molecule has 0 aliphatic carbocycles. The first kappa shape index (κ1) is 31.3. The normalized spacial score (nSPS) is 16.6. The number of likely N-dealkylation sites (tertiary alicyclic amines) is 1. The van der Waals surface area contributed by atoms with Gasteiger partial charge in [-0.3, -0.25) is 19.2 Å². The molecule has 0 saturated carbocycles. The van der Waals surface area contributed by atoms with Gasteiger partial charge in [0.1, 0.15) is 18.6 Å². The third kappa shape index (κ3) is 8.02. The summed E-state index contributed by atoms with van der Waals surface area (Å²) in [6.07, 6.45) is 2.75. The summed E-state index contributed by atoms with van der Waals surface area (Å²) in [6.45, 7) is 3.75. The number of carbonyl (C=O) groups excluding carboxylic acids is 4. The molecule has 0 spiro atoms. The number of Topliss-reactive ketones (excluding diaryl/α,β-unsaturated/α-hetero) is 1. The first-order valence-corrected chi connectivity index (χ1v) is 14.7. The van der Waals surface area contributed by atoms with Crippen LogP contribution in [0.15, 0.2) is 54.6 Å². The molecule has 3 atom stereocenters. The number of anilines is 1. The number of ketones is 1. The highest BCUT2D eigenvalue weighted by atomic mass is 16.2. The number of nitrogens with one attached hydrogen (secondary N) is 2. The van der Waals surface area contributed by atoms with E-state index in [2.05, 4.69) is 26.2 Å². The molecule has 1 aromatic heterocycles. The monoisotopic (exact) mass is 588 g/mol. The van der Waals surface area contributed by atoms with Crippen LogP contribution in [-0.4, -0.2) is 87.4 Å². The average molecular weight is 589 g/mol. The SMILES string of the molecule is CCC(NC(=O)C(C)N1CCCC[C@H](NC(=O)c2ccc(N(C)C)cc2)C1=O)C(=O)Cn1nnnc1Cc1ccccc1. The van der Waals surface area contributed by atoms with Crippen molar-refractivity contribution in [2.24, 2.45) is 0 Å². The van der Waals surface area contributed by atoms with Gasteiger partial charge in [-0.25, -0.2) is 4.68 Å². The van der Waals surface area contributed by atoms with Crippen LogP contribution in [0.3, 0.4) is 0 Å². The summed E-state index contributed by atoms with van der Waals surface area (Å²) < 4.78 is 1.45. The van der Waals surface area contributed by atoms with Crippen LogP contribution in [0.1, 0.15) is 61.3 Å². The van der Waals surface area contributed by atoms with E-state index in [1.807, 2.05) is 68.4 Å². The zero-order valence-corrected chi connectivity index (χ0v) is 25.2. The van der Waals surface area contributed by atoms with Crippen LogP contribution < -0.4 is 15.5 Å². The third-order valence-electron chi connectivity index (χ3n) is 7.75. The number of hydrogen-bond donors (Lipinski definition) is 2. The summed E-state index contributed by atoms with van der Waals surface area (Å²) in [7, 11) is 3.84. The van der Waals surface area contributed by atoms with E-state index < -0.39 is 24.0 Å². The summed E-state index contributed by atoms with van der Waals surface area (Å²) in [4.78, 5) is 56.4. The lowest BCUT2D eigenvalue weighted by Gasteiger charge is -2.31. The van der Waals surface area contributed by atoms with Crippen LogP contribution >= 0.6 is 0 Å². The Morgan fingerprint density at radius 1 is 1.05 bits per heavy atom. The van der Waals surface area contributed by atoms with Crippen molar-refractivity contribution in [3.8, 4) is 0 Å². The smallest absolute Gasteiger partial charge is 0.251 e. The third-order valence-corrected chi connectivity index (χ3v) is 7.75. The first-order chi connectivity index (χ1) is 20.7. The topological polar surface area (TPSA) is 142 Å². The second kappa shape index (κ2) is 14.5. The number of aromatic nitrogens is 4. The number of rotatable bonds is 12. The van der Waals surface area contributed by atoms with Crippen molar-refractivity contribution < 1.29 is 19.2 Å². The molecule has 1 saturated heterocycles. The number of carbonyl (C=O) groups is 4. The number of tetrazole rings is 1. The number of amides is 3. The number of nitrogens with zero attached hydrogens (tertiary/aromatic N) is 6. The van der Waals surface area contributed by atoms with Gasteiger partial charge in [0.15, 0.2) is 11.6 Å². The van der Waals surface area contributed by atoms with Crippen LogP contribution in [0.2, 0.25) is 0 Å². The summed E-state index contributed by atoms with van der Waals surface area (Å²) in [5.41, 5.74) is 2.43. The molecule has 12 heteroatoms. The van der Waals surface area contributed by atoms with Gasteiger partial charge in [0.2, 0.25) is 11.8 Å². The van der Waals surface area contributed by atoms with Crippen LogP contribution in [0, 0.1) is 0 Å². The maximum atomic E-state index is 13.5. The minimum absolute atomic E-state index is 0.0887. The molecular weight excluding hydrogens is 548 g/mol. The largest absolute Gasteiger partial charge is 0.378 e. The van der Waals surface area contributed by atoms with Crippen molar-refractivity contribution in [3.05, 3.63) is 71.5 Å². The van der Waals surface area contributed by atoms with Gasteiger partial charge in [0.25, 0.3) is 5.91 Å². The Hall–Kier alpha value is -4.61. The predicted molar refractivity (Wildman–Crippen MR) is 161 cm³/mol.